The highest BCUT2D eigenvalue weighted by Crippen LogP contribution is 2.25. The molecule has 2 aromatic rings. The first-order chi connectivity index (χ1) is 6.68. The van der Waals surface area contributed by atoms with Crippen LogP contribution in [0.2, 0.25) is 0 Å². The number of carbonyl (C=O) groups excluding carboxylic acids is 1. The number of hydrogen-bond acceptors (Lipinski definition) is 4. The second kappa shape index (κ2) is 3.14. The van der Waals surface area contributed by atoms with Gasteiger partial charge < -0.3 is 8.94 Å². The summed E-state index contributed by atoms with van der Waals surface area (Å²) in [5, 5.41) is 3.57. The van der Waals surface area contributed by atoms with E-state index < -0.39 is 0 Å². The van der Waals surface area contributed by atoms with E-state index in [4.69, 9.17) is 8.94 Å². The fourth-order valence-electron chi connectivity index (χ4n) is 1.22. The lowest BCUT2D eigenvalue weighted by molar-refractivity contribution is 0.101. The molecule has 0 unspecified atom stereocenters. The highest BCUT2D eigenvalue weighted by molar-refractivity contribution is 5.98. The predicted octanol–water partition coefficient (Wildman–Crippen LogP) is 2.45. The molecule has 2 rings (SSSR count). The van der Waals surface area contributed by atoms with Gasteiger partial charge in [-0.15, -0.1) is 0 Å². The summed E-state index contributed by atoms with van der Waals surface area (Å²) in [5.74, 6) is 1.61. The molecule has 0 atom stereocenters. The van der Waals surface area contributed by atoms with Crippen molar-refractivity contribution in [3.63, 3.8) is 0 Å². The molecule has 0 saturated heterocycles. The number of aryl methyl sites for hydroxylation is 1. The fourth-order valence-corrected chi connectivity index (χ4v) is 1.22. The first-order valence-corrected chi connectivity index (χ1v) is 4.21. The van der Waals surface area contributed by atoms with Gasteiger partial charge in [0.25, 0.3) is 0 Å². The van der Waals surface area contributed by atoms with Crippen molar-refractivity contribution in [2.75, 3.05) is 0 Å². The third-order valence-corrected chi connectivity index (χ3v) is 1.91. The van der Waals surface area contributed by atoms with Gasteiger partial charge in [-0.05, 0) is 26.0 Å². The van der Waals surface area contributed by atoms with Gasteiger partial charge in [0.1, 0.15) is 5.76 Å². The molecule has 0 aliphatic carbocycles. The Morgan fingerprint density at radius 3 is 2.79 bits per heavy atom. The van der Waals surface area contributed by atoms with Crippen LogP contribution in [0, 0.1) is 6.92 Å². The summed E-state index contributed by atoms with van der Waals surface area (Å²) in [6, 6.07) is 3.56. The molecule has 0 N–H and O–H groups in total. The van der Waals surface area contributed by atoms with Crippen molar-refractivity contribution in [1.29, 1.82) is 0 Å². The lowest BCUT2D eigenvalue weighted by atomic mass is 10.1. The quantitative estimate of drug-likeness (QED) is 0.684. The first kappa shape index (κ1) is 8.74. The third kappa shape index (κ3) is 1.35. The van der Waals surface area contributed by atoms with Crippen LogP contribution in [-0.4, -0.2) is 10.9 Å². The van der Waals surface area contributed by atoms with Crippen LogP contribution in [0.3, 0.4) is 0 Å². The van der Waals surface area contributed by atoms with Crippen LogP contribution in [0.25, 0.3) is 11.5 Å². The molecule has 4 heteroatoms. The second-order valence-corrected chi connectivity index (χ2v) is 3.04. The molecular formula is C10H9NO3. The van der Waals surface area contributed by atoms with E-state index in [-0.39, 0.29) is 5.78 Å². The lowest BCUT2D eigenvalue weighted by Crippen LogP contribution is -1.90. The van der Waals surface area contributed by atoms with Crippen molar-refractivity contribution in [3.8, 4) is 11.5 Å². The summed E-state index contributed by atoms with van der Waals surface area (Å²) < 4.78 is 10.3. The Labute approximate surface area is 80.5 Å². The van der Waals surface area contributed by atoms with E-state index >= 15 is 0 Å². The predicted molar refractivity (Wildman–Crippen MR) is 48.9 cm³/mol. The molecule has 72 valence electrons. The molecule has 0 spiro atoms. The van der Waals surface area contributed by atoms with Crippen molar-refractivity contribution >= 4 is 5.78 Å². The van der Waals surface area contributed by atoms with Crippen molar-refractivity contribution in [3.05, 3.63) is 29.7 Å². The number of rotatable bonds is 2. The lowest BCUT2D eigenvalue weighted by Gasteiger charge is -1.92. The summed E-state index contributed by atoms with van der Waals surface area (Å²) in [4.78, 5) is 11.2. The van der Waals surface area contributed by atoms with Crippen LogP contribution in [0.4, 0.5) is 0 Å². The number of Topliss-reactive ketones (excluding diaryl/α,β-unsaturated/α-hetero) is 1. The highest BCUT2D eigenvalue weighted by Gasteiger charge is 2.16. The number of nitrogens with zero attached hydrogens (tertiary/aromatic N) is 1. The van der Waals surface area contributed by atoms with Gasteiger partial charge in [-0.25, -0.2) is 0 Å². The molecule has 2 aromatic heterocycles. The average molecular weight is 191 g/mol. The Hall–Kier alpha value is -1.84. The van der Waals surface area contributed by atoms with Crippen LogP contribution in [-0.2, 0) is 0 Å². The molecule has 0 aliphatic heterocycles. The molecule has 0 bridgehead atoms. The summed E-state index contributed by atoms with van der Waals surface area (Å²) in [7, 11) is 0. The van der Waals surface area contributed by atoms with E-state index in [9.17, 15) is 4.79 Å². The van der Waals surface area contributed by atoms with Gasteiger partial charge in [-0.2, -0.15) is 0 Å². The SMILES string of the molecule is CC(=O)c1cnoc1-c1ccc(C)o1. The minimum absolute atomic E-state index is 0.0877. The Bertz CT molecular complexity index is 467. The molecule has 4 nitrogen and oxygen atoms in total. The van der Waals surface area contributed by atoms with Crippen molar-refractivity contribution in [2.45, 2.75) is 13.8 Å². The molecule has 0 saturated carbocycles. The van der Waals surface area contributed by atoms with Gasteiger partial charge in [-0.1, -0.05) is 5.16 Å². The minimum atomic E-state index is -0.0877. The van der Waals surface area contributed by atoms with Crippen LogP contribution < -0.4 is 0 Å². The summed E-state index contributed by atoms with van der Waals surface area (Å²) in [6.45, 7) is 3.29. The first-order valence-electron chi connectivity index (χ1n) is 4.21. The minimum Gasteiger partial charge on any atom is -0.458 e. The van der Waals surface area contributed by atoms with Crippen LogP contribution in [0.15, 0.2) is 27.3 Å². The van der Waals surface area contributed by atoms with E-state index in [0.29, 0.717) is 17.1 Å². The Balaban J connectivity index is 2.51. The molecule has 0 aromatic carbocycles. The smallest absolute Gasteiger partial charge is 0.212 e. The molecule has 0 radical (unpaired) electrons. The van der Waals surface area contributed by atoms with Gasteiger partial charge in [0.2, 0.25) is 5.76 Å². The van der Waals surface area contributed by atoms with Gasteiger partial charge in [0, 0.05) is 0 Å². The molecule has 0 aliphatic rings. The largest absolute Gasteiger partial charge is 0.458 e. The Kier molecular flexibility index (Phi) is 1.96. The standard InChI is InChI=1S/C10H9NO3/c1-6-3-4-9(13-6)10-8(7(2)12)5-11-14-10/h3-5H,1-2H3. The van der Waals surface area contributed by atoms with E-state index in [1.54, 1.807) is 6.07 Å². The zero-order chi connectivity index (χ0) is 10.1. The van der Waals surface area contributed by atoms with E-state index in [1.165, 1.54) is 13.1 Å². The highest BCUT2D eigenvalue weighted by atomic mass is 16.5. The van der Waals surface area contributed by atoms with Gasteiger partial charge in [-0.3, -0.25) is 4.79 Å². The zero-order valence-corrected chi connectivity index (χ0v) is 7.90. The van der Waals surface area contributed by atoms with E-state index in [0.717, 1.165) is 5.76 Å². The molecule has 14 heavy (non-hydrogen) atoms. The molecule has 2 heterocycles. The van der Waals surface area contributed by atoms with Crippen LogP contribution >= 0.6 is 0 Å². The maximum Gasteiger partial charge on any atom is 0.212 e. The van der Waals surface area contributed by atoms with Gasteiger partial charge in [0.05, 0.1) is 11.8 Å². The zero-order valence-electron chi connectivity index (χ0n) is 7.90. The number of ketones is 1. The Morgan fingerprint density at radius 1 is 1.43 bits per heavy atom. The summed E-state index contributed by atoms with van der Waals surface area (Å²) in [6.07, 6.45) is 1.40. The molecule has 0 amide bonds. The van der Waals surface area contributed by atoms with E-state index in [1.807, 2.05) is 13.0 Å². The second-order valence-electron chi connectivity index (χ2n) is 3.04. The average Bonchev–Trinajstić information content (AvgIpc) is 2.70. The maximum absolute atomic E-state index is 11.2. The number of furan rings is 1. The topological polar surface area (TPSA) is 56.2 Å². The van der Waals surface area contributed by atoms with Crippen molar-refractivity contribution in [2.24, 2.45) is 0 Å². The van der Waals surface area contributed by atoms with Gasteiger partial charge in [0.15, 0.2) is 11.5 Å². The third-order valence-electron chi connectivity index (χ3n) is 1.91. The molecule has 0 fully saturated rings. The maximum atomic E-state index is 11.2. The Morgan fingerprint density at radius 2 is 2.21 bits per heavy atom. The molecular weight excluding hydrogens is 182 g/mol. The summed E-state index contributed by atoms with van der Waals surface area (Å²) >= 11 is 0. The van der Waals surface area contributed by atoms with Crippen LogP contribution in [0.1, 0.15) is 23.0 Å². The van der Waals surface area contributed by atoms with Gasteiger partial charge >= 0.3 is 0 Å². The monoisotopic (exact) mass is 191 g/mol. The van der Waals surface area contributed by atoms with Crippen LogP contribution in [0.5, 0.6) is 0 Å². The number of carbonyl (C=O) groups is 1. The van der Waals surface area contributed by atoms with E-state index in [2.05, 4.69) is 5.16 Å². The number of aromatic nitrogens is 1. The summed E-state index contributed by atoms with van der Waals surface area (Å²) in [5.41, 5.74) is 0.444. The van der Waals surface area contributed by atoms with Crippen molar-refractivity contribution < 1.29 is 13.7 Å². The normalized spacial score (nSPS) is 10.4. The number of hydrogen-bond donors (Lipinski definition) is 0. The fraction of sp³-hybridized carbons (Fsp3) is 0.200. The van der Waals surface area contributed by atoms with Crippen molar-refractivity contribution in [1.82, 2.24) is 5.16 Å².